The Labute approximate surface area is 109 Å². The number of ether oxygens (including phenoxy) is 1. The maximum absolute atomic E-state index is 11.8. The van der Waals surface area contributed by atoms with Crippen LogP contribution in [0.4, 0.5) is 0 Å². The van der Waals surface area contributed by atoms with E-state index in [0.717, 1.165) is 51.9 Å². The van der Waals surface area contributed by atoms with E-state index in [0.29, 0.717) is 0 Å². The van der Waals surface area contributed by atoms with Crippen molar-refractivity contribution in [3.8, 4) is 0 Å². The molecule has 0 aromatic rings. The Morgan fingerprint density at radius 3 is 2.44 bits per heavy atom. The molecule has 18 heavy (non-hydrogen) atoms. The molecule has 2 rings (SSSR count). The largest absolute Gasteiger partial charge is 0.381 e. The number of hydrogen-bond donors (Lipinski definition) is 1. The summed E-state index contributed by atoms with van der Waals surface area (Å²) in [5.41, 5.74) is 5.63. The molecule has 2 aliphatic heterocycles. The van der Waals surface area contributed by atoms with Gasteiger partial charge in [0.2, 0.25) is 5.91 Å². The number of amides is 1. The monoisotopic (exact) mass is 255 g/mol. The first-order valence-corrected chi connectivity index (χ1v) is 7.01. The number of hydrogen-bond acceptors (Lipinski definition) is 4. The lowest BCUT2D eigenvalue weighted by Crippen LogP contribution is -2.53. The summed E-state index contributed by atoms with van der Waals surface area (Å²) in [6.07, 6.45) is 2.36. The SMILES string of the molecule is CC(N)C(=O)N1CCN(CC2CCOCC2)CC1. The fourth-order valence-electron chi connectivity index (χ4n) is 2.73. The van der Waals surface area contributed by atoms with Crippen molar-refractivity contribution in [1.82, 2.24) is 9.80 Å². The van der Waals surface area contributed by atoms with Crippen LogP contribution in [-0.4, -0.2) is 67.7 Å². The van der Waals surface area contributed by atoms with Crippen LogP contribution in [0, 0.1) is 5.92 Å². The molecule has 2 heterocycles. The molecule has 0 bridgehead atoms. The van der Waals surface area contributed by atoms with Crippen molar-refractivity contribution in [1.29, 1.82) is 0 Å². The average Bonchev–Trinajstić information content (AvgIpc) is 2.40. The molecule has 1 atom stereocenters. The van der Waals surface area contributed by atoms with Crippen LogP contribution in [0.1, 0.15) is 19.8 Å². The van der Waals surface area contributed by atoms with E-state index in [1.54, 1.807) is 6.92 Å². The zero-order valence-corrected chi connectivity index (χ0v) is 11.3. The predicted molar refractivity (Wildman–Crippen MR) is 70.2 cm³/mol. The van der Waals surface area contributed by atoms with Gasteiger partial charge in [0.15, 0.2) is 0 Å². The fourth-order valence-corrected chi connectivity index (χ4v) is 2.73. The van der Waals surface area contributed by atoms with Crippen molar-refractivity contribution >= 4 is 5.91 Å². The molecule has 2 saturated heterocycles. The van der Waals surface area contributed by atoms with Gasteiger partial charge in [-0.25, -0.2) is 0 Å². The van der Waals surface area contributed by atoms with Crippen molar-refractivity contribution in [3.05, 3.63) is 0 Å². The van der Waals surface area contributed by atoms with Gasteiger partial charge in [-0.2, -0.15) is 0 Å². The van der Waals surface area contributed by atoms with E-state index in [1.165, 1.54) is 12.8 Å². The number of nitrogens with zero attached hydrogens (tertiary/aromatic N) is 2. The summed E-state index contributed by atoms with van der Waals surface area (Å²) in [7, 11) is 0. The summed E-state index contributed by atoms with van der Waals surface area (Å²) in [4.78, 5) is 16.1. The van der Waals surface area contributed by atoms with Gasteiger partial charge < -0.3 is 15.4 Å². The smallest absolute Gasteiger partial charge is 0.239 e. The highest BCUT2D eigenvalue weighted by atomic mass is 16.5. The van der Waals surface area contributed by atoms with Gasteiger partial charge in [-0.15, -0.1) is 0 Å². The molecule has 1 amide bonds. The van der Waals surface area contributed by atoms with E-state index in [1.807, 2.05) is 4.90 Å². The normalized spacial score (nSPS) is 25.1. The van der Waals surface area contributed by atoms with Gasteiger partial charge in [-0.3, -0.25) is 9.69 Å². The molecule has 2 fully saturated rings. The van der Waals surface area contributed by atoms with Crippen molar-refractivity contribution < 1.29 is 9.53 Å². The summed E-state index contributed by atoms with van der Waals surface area (Å²) < 4.78 is 5.38. The van der Waals surface area contributed by atoms with Crippen molar-refractivity contribution in [2.75, 3.05) is 45.9 Å². The van der Waals surface area contributed by atoms with Gasteiger partial charge in [-0.1, -0.05) is 0 Å². The number of carbonyl (C=O) groups excluding carboxylic acids is 1. The molecule has 2 aliphatic rings. The minimum atomic E-state index is -0.368. The lowest BCUT2D eigenvalue weighted by atomic mass is 9.99. The first-order chi connectivity index (χ1) is 8.66. The first-order valence-electron chi connectivity index (χ1n) is 7.01. The van der Waals surface area contributed by atoms with Crippen LogP contribution in [0.15, 0.2) is 0 Å². The van der Waals surface area contributed by atoms with Crippen LogP contribution in [0.2, 0.25) is 0 Å². The first kappa shape index (κ1) is 13.8. The third-order valence-electron chi connectivity index (χ3n) is 3.93. The molecule has 0 aliphatic carbocycles. The molecule has 1 unspecified atom stereocenters. The Bertz CT molecular complexity index is 269. The molecular weight excluding hydrogens is 230 g/mol. The Balaban J connectivity index is 1.71. The topological polar surface area (TPSA) is 58.8 Å². The number of rotatable bonds is 3. The molecule has 0 aromatic heterocycles. The molecule has 5 nitrogen and oxygen atoms in total. The molecule has 0 radical (unpaired) electrons. The molecule has 104 valence electrons. The van der Waals surface area contributed by atoms with Crippen molar-refractivity contribution in [2.45, 2.75) is 25.8 Å². The van der Waals surface area contributed by atoms with E-state index in [2.05, 4.69) is 4.90 Å². The highest BCUT2D eigenvalue weighted by Crippen LogP contribution is 2.17. The maximum atomic E-state index is 11.8. The number of carbonyl (C=O) groups is 1. The minimum Gasteiger partial charge on any atom is -0.381 e. The molecule has 0 aromatic carbocycles. The third-order valence-corrected chi connectivity index (χ3v) is 3.93. The zero-order valence-electron chi connectivity index (χ0n) is 11.3. The second-order valence-corrected chi connectivity index (χ2v) is 5.47. The Morgan fingerprint density at radius 1 is 1.28 bits per heavy atom. The van der Waals surface area contributed by atoms with Crippen LogP contribution < -0.4 is 5.73 Å². The van der Waals surface area contributed by atoms with Crippen molar-refractivity contribution in [2.24, 2.45) is 11.7 Å². The van der Waals surface area contributed by atoms with Crippen LogP contribution in [-0.2, 0) is 9.53 Å². The maximum Gasteiger partial charge on any atom is 0.239 e. The predicted octanol–water partition coefficient (Wildman–Crippen LogP) is -0.0956. The quantitative estimate of drug-likeness (QED) is 0.765. The summed E-state index contributed by atoms with van der Waals surface area (Å²) >= 11 is 0. The summed E-state index contributed by atoms with van der Waals surface area (Å²) in [6, 6.07) is -0.368. The van der Waals surface area contributed by atoms with Crippen LogP contribution >= 0.6 is 0 Å². The average molecular weight is 255 g/mol. The highest BCUT2D eigenvalue weighted by Gasteiger charge is 2.25. The van der Waals surface area contributed by atoms with E-state index in [9.17, 15) is 4.79 Å². The summed E-state index contributed by atoms with van der Waals surface area (Å²) in [5, 5.41) is 0. The summed E-state index contributed by atoms with van der Waals surface area (Å²) in [5.74, 6) is 0.857. The van der Waals surface area contributed by atoms with E-state index in [4.69, 9.17) is 10.5 Å². The second-order valence-electron chi connectivity index (χ2n) is 5.47. The molecule has 5 heteroatoms. The molecule has 0 spiro atoms. The van der Waals surface area contributed by atoms with E-state index >= 15 is 0 Å². The van der Waals surface area contributed by atoms with Crippen molar-refractivity contribution in [3.63, 3.8) is 0 Å². The standard InChI is InChI=1S/C13H25N3O2/c1-11(14)13(17)16-6-4-15(5-7-16)10-12-2-8-18-9-3-12/h11-12H,2-10,14H2,1H3. The minimum absolute atomic E-state index is 0.0840. The number of nitrogens with two attached hydrogens (primary N) is 1. The fraction of sp³-hybridized carbons (Fsp3) is 0.923. The number of piperazine rings is 1. The third kappa shape index (κ3) is 3.67. The lowest BCUT2D eigenvalue weighted by Gasteiger charge is -2.37. The van der Waals surface area contributed by atoms with Crippen LogP contribution in [0.5, 0.6) is 0 Å². The van der Waals surface area contributed by atoms with Gasteiger partial charge in [0.05, 0.1) is 6.04 Å². The Hall–Kier alpha value is -0.650. The van der Waals surface area contributed by atoms with Crippen LogP contribution in [0.25, 0.3) is 0 Å². The van der Waals surface area contributed by atoms with E-state index in [-0.39, 0.29) is 11.9 Å². The zero-order chi connectivity index (χ0) is 13.0. The Kier molecular flexibility index (Phi) is 4.97. The molecule has 2 N–H and O–H groups in total. The summed E-state index contributed by atoms with van der Waals surface area (Å²) in [6.45, 7) is 8.35. The molecular formula is C13H25N3O2. The Morgan fingerprint density at radius 2 is 1.89 bits per heavy atom. The second kappa shape index (κ2) is 6.50. The van der Waals surface area contributed by atoms with Gasteiger partial charge in [0.1, 0.15) is 0 Å². The van der Waals surface area contributed by atoms with Gasteiger partial charge in [-0.05, 0) is 25.7 Å². The highest BCUT2D eigenvalue weighted by molar-refractivity contribution is 5.81. The lowest BCUT2D eigenvalue weighted by molar-refractivity contribution is -0.134. The van der Waals surface area contributed by atoms with Gasteiger partial charge >= 0.3 is 0 Å². The van der Waals surface area contributed by atoms with Crippen LogP contribution in [0.3, 0.4) is 0 Å². The van der Waals surface area contributed by atoms with E-state index < -0.39 is 0 Å². The molecule has 0 saturated carbocycles. The van der Waals surface area contributed by atoms with Gasteiger partial charge in [0, 0.05) is 45.9 Å². The van der Waals surface area contributed by atoms with Gasteiger partial charge in [0.25, 0.3) is 0 Å².